The smallest absolute Gasteiger partial charge is 0.0118 e. The van der Waals surface area contributed by atoms with Gasteiger partial charge >= 0.3 is 0 Å². The third-order valence-corrected chi connectivity index (χ3v) is 12.3. The van der Waals surface area contributed by atoms with E-state index in [0.29, 0.717) is 21.7 Å². The third kappa shape index (κ3) is 2.68. The van der Waals surface area contributed by atoms with Crippen LogP contribution in [-0.2, 0) is 0 Å². The second-order valence-corrected chi connectivity index (χ2v) is 14.0. The number of rotatable bonds is 0. The summed E-state index contributed by atoms with van der Waals surface area (Å²) in [6.45, 7) is 18.5. The zero-order valence-corrected chi connectivity index (χ0v) is 20.6. The summed E-state index contributed by atoms with van der Waals surface area (Å²) < 4.78 is 0. The molecule has 0 spiro atoms. The van der Waals surface area contributed by atoms with Crippen molar-refractivity contribution in [2.45, 2.75) is 113 Å². The Morgan fingerprint density at radius 2 is 1.48 bits per heavy atom. The van der Waals surface area contributed by atoms with E-state index >= 15 is 0 Å². The minimum absolute atomic E-state index is 0.552. The van der Waals surface area contributed by atoms with Crippen LogP contribution in [0.5, 0.6) is 0 Å². The van der Waals surface area contributed by atoms with Crippen LogP contribution in [0.2, 0.25) is 0 Å². The van der Waals surface area contributed by atoms with Crippen molar-refractivity contribution in [3.8, 4) is 0 Å². The first-order valence-electron chi connectivity index (χ1n) is 13.2. The fourth-order valence-corrected chi connectivity index (χ4v) is 10.7. The molecule has 0 unspecified atom stereocenters. The van der Waals surface area contributed by atoms with Crippen molar-refractivity contribution in [3.05, 3.63) is 11.6 Å². The second kappa shape index (κ2) is 6.38. The van der Waals surface area contributed by atoms with Gasteiger partial charge in [-0.2, -0.15) is 0 Å². The average molecular weight is 397 g/mol. The van der Waals surface area contributed by atoms with Gasteiger partial charge in [-0.3, -0.25) is 0 Å². The van der Waals surface area contributed by atoms with Gasteiger partial charge in [0, 0.05) is 0 Å². The zero-order chi connectivity index (χ0) is 20.8. The summed E-state index contributed by atoms with van der Waals surface area (Å²) in [7, 11) is 0. The van der Waals surface area contributed by atoms with Crippen molar-refractivity contribution < 1.29 is 0 Å². The van der Waals surface area contributed by atoms with Crippen molar-refractivity contribution in [1.82, 2.24) is 0 Å². The van der Waals surface area contributed by atoms with Crippen molar-refractivity contribution in [2.24, 2.45) is 57.2 Å². The average Bonchev–Trinajstić information content (AvgIpc) is 2.63. The molecular weight excluding hydrogens is 348 g/mol. The number of fused-ring (bicyclic) bond motifs is 7. The summed E-state index contributed by atoms with van der Waals surface area (Å²) >= 11 is 0. The predicted octanol–water partition coefficient (Wildman–Crippen LogP) is 8.66. The molecule has 5 aliphatic rings. The standard InChI is InChI=1S/C29H48/c1-19-11-16-27(5)17-12-22-21(25(27)20(19)2)9-10-24-28(22,6)18-13-23-26(3,4)14-8-15-29(23,24)7/h9,19-20,22-25H,8,10-18H2,1-7H3/t19-,20+,22-,23+,24+,25+,27-,28+,29+/m1/s1. The van der Waals surface area contributed by atoms with Crippen LogP contribution in [0, 0.1) is 57.2 Å². The molecule has 0 saturated heterocycles. The first-order valence-corrected chi connectivity index (χ1v) is 13.2. The van der Waals surface area contributed by atoms with E-state index in [1.807, 2.05) is 5.57 Å². The first-order chi connectivity index (χ1) is 13.5. The maximum absolute atomic E-state index is 2.85. The molecule has 5 aliphatic carbocycles. The van der Waals surface area contributed by atoms with E-state index < -0.39 is 0 Å². The van der Waals surface area contributed by atoms with Crippen molar-refractivity contribution >= 4 is 0 Å². The van der Waals surface area contributed by atoms with E-state index in [4.69, 9.17) is 0 Å². The summed E-state index contributed by atoms with van der Waals surface area (Å²) in [5, 5.41) is 0. The van der Waals surface area contributed by atoms with Gasteiger partial charge < -0.3 is 0 Å². The molecule has 4 fully saturated rings. The summed E-state index contributed by atoms with van der Waals surface area (Å²) in [6.07, 6.45) is 17.5. The molecule has 0 heterocycles. The van der Waals surface area contributed by atoms with Gasteiger partial charge in [-0.1, -0.05) is 66.5 Å². The minimum atomic E-state index is 0.552. The molecule has 0 N–H and O–H groups in total. The second-order valence-electron chi connectivity index (χ2n) is 14.0. The van der Waals surface area contributed by atoms with Crippen LogP contribution in [0.4, 0.5) is 0 Å². The molecule has 0 aromatic carbocycles. The van der Waals surface area contributed by atoms with Gasteiger partial charge in [-0.25, -0.2) is 0 Å². The van der Waals surface area contributed by atoms with Gasteiger partial charge in [0.15, 0.2) is 0 Å². The molecule has 0 aliphatic heterocycles. The Hall–Kier alpha value is -0.260. The monoisotopic (exact) mass is 396 g/mol. The molecule has 0 amide bonds. The molecule has 29 heavy (non-hydrogen) atoms. The lowest BCUT2D eigenvalue weighted by atomic mass is 9.37. The van der Waals surface area contributed by atoms with E-state index in [1.165, 1.54) is 64.2 Å². The Balaban J connectivity index is 1.54. The number of hydrogen-bond acceptors (Lipinski definition) is 0. The minimum Gasteiger partial charge on any atom is -0.0844 e. The van der Waals surface area contributed by atoms with Crippen LogP contribution >= 0.6 is 0 Å². The maximum atomic E-state index is 2.85. The van der Waals surface area contributed by atoms with Crippen LogP contribution in [0.3, 0.4) is 0 Å². The normalized spacial score (nSPS) is 56.3. The highest BCUT2D eigenvalue weighted by molar-refractivity contribution is 5.29. The Kier molecular flexibility index (Phi) is 4.54. The van der Waals surface area contributed by atoms with Gasteiger partial charge in [-0.15, -0.1) is 0 Å². The van der Waals surface area contributed by atoms with Crippen LogP contribution in [0.25, 0.3) is 0 Å². The van der Waals surface area contributed by atoms with E-state index in [0.717, 1.165) is 35.5 Å². The highest BCUT2D eigenvalue weighted by Crippen LogP contribution is 2.71. The van der Waals surface area contributed by atoms with Gasteiger partial charge in [0.1, 0.15) is 0 Å². The number of allylic oxidation sites excluding steroid dienone is 2. The SMILES string of the molecule is C[C@H]1[C@H](C)CC[C@]2(C)CC[C@@H]3C(=CC[C@H]4[C@@]3(C)CC[C@H]3C(C)(C)CCC[C@]43C)[C@H]12. The van der Waals surface area contributed by atoms with Gasteiger partial charge in [0.2, 0.25) is 0 Å². The quantitative estimate of drug-likeness (QED) is 0.359. The van der Waals surface area contributed by atoms with E-state index in [1.54, 1.807) is 0 Å². The van der Waals surface area contributed by atoms with Gasteiger partial charge in [0.25, 0.3) is 0 Å². The van der Waals surface area contributed by atoms with Gasteiger partial charge in [-0.05, 0) is 115 Å². The molecule has 0 aromatic rings. The molecule has 0 bridgehead atoms. The van der Waals surface area contributed by atoms with Crippen LogP contribution in [0.1, 0.15) is 113 Å². The molecule has 5 rings (SSSR count). The predicted molar refractivity (Wildman–Crippen MR) is 125 cm³/mol. The van der Waals surface area contributed by atoms with Crippen molar-refractivity contribution in [2.75, 3.05) is 0 Å². The van der Waals surface area contributed by atoms with Crippen LogP contribution in [-0.4, -0.2) is 0 Å². The highest BCUT2D eigenvalue weighted by Gasteiger charge is 2.63. The Morgan fingerprint density at radius 3 is 2.24 bits per heavy atom. The van der Waals surface area contributed by atoms with E-state index in [-0.39, 0.29) is 0 Å². The maximum Gasteiger partial charge on any atom is -0.0118 e. The molecule has 0 nitrogen and oxygen atoms in total. The summed E-state index contributed by atoms with van der Waals surface area (Å²) in [5.41, 5.74) is 4.23. The molecular formula is C29H48. The Morgan fingerprint density at radius 1 is 0.759 bits per heavy atom. The van der Waals surface area contributed by atoms with Gasteiger partial charge in [0.05, 0.1) is 0 Å². The zero-order valence-electron chi connectivity index (χ0n) is 20.6. The molecule has 0 radical (unpaired) electrons. The fraction of sp³-hybridized carbons (Fsp3) is 0.931. The molecule has 4 saturated carbocycles. The summed E-state index contributed by atoms with van der Waals surface area (Å²) in [6, 6.07) is 0. The number of hydrogen-bond donors (Lipinski definition) is 0. The first kappa shape index (κ1) is 20.6. The largest absolute Gasteiger partial charge is 0.0844 e. The van der Waals surface area contributed by atoms with Crippen molar-refractivity contribution in [3.63, 3.8) is 0 Å². The van der Waals surface area contributed by atoms with Crippen molar-refractivity contribution in [1.29, 1.82) is 0 Å². The summed E-state index contributed by atoms with van der Waals surface area (Å²) in [5.74, 6) is 5.40. The fourth-order valence-electron chi connectivity index (χ4n) is 10.7. The van der Waals surface area contributed by atoms with Crippen LogP contribution in [0.15, 0.2) is 11.6 Å². The molecule has 0 heteroatoms. The van der Waals surface area contributed by atoms with Crippen LogP contribution < -0.4 is 0 Å². The topological polar surface area (TPSA) is 0 Å². The third-order valence-electron chi connectivity index (χ3n) is 12.3. The lowest BCUT2D eigenvalue weighted by Gasteiger charge is -2.68. The Bertz CT molecular complexity index is 699. The molecule has 164 valence electrons. The summed E-state index contributed by atoms with van der Waals surface area (Å²) in [4.78, 5) is 0. The molecule has 0 aromatic heterocycles. The highest BCUT2D eigenvalue weighted by atomic mass is 14.7. The van der Waals surface area contributed by atoms with E-state index in [9.17, 15) is 0 Å². The van der Waals surface area contributed by atoms with E-state index in [2.05, 4.69) is 54.5 Å². The lowest BCUT2D eigenvalue weighted by molar-refractivity contribution is -0.155. The lowest BCUT2D eigenvalue weighted by Crippen LogP contribution is -2.59. The molecule has 9 atom stereocenters. The Labute approximate surface area is 181 Å².